The van der Waals surface area contributed by atoms with Gasteiger partial charge in [0.05, 0.1) is 5.60 Å². The maximum Gasteiger partial charge on any atom is 0.0710 e. The predicted molar refractivity (Wildman–Crippen MR) is 71.7 cm³/mol. The Kier molecular flexibility index (Phi) is 3.24. The van der Waals surface area contributed by atoms with Crippen LogP contribution >= 0.6 is 0 Å². The minimum Gasteiger partial charge on any atom is -0.389 e. The Labute approximate surface area is 110 Å². The van der Waals surface area contributed by atoms with Gasteiger partial charge in [0.1, 0.15) is 0 Å². The van der Waals surface area contributed by atoms with Gasteiger partial charge in [0.2, 0.25) is 0 Å². The number of aromatic nitrogens is 1. The molecule has 18 heavy (non-hydrogen) atoms. The second kappa shape index (κ2) is 4.74. The number of fused-ring (bicyclic) bond motifs is 2. The molecule has 2 atom stereocenters. The quantitative estimate of drug-likeness (QED) is 0.887. The third kappa shape index (κ3) is 2.36. The summed E-state index contributed by atoms with van der Waals surface area (Å²) < 4.78 is 12.1. The lowest BCUT2D eigenvalue weighted by atomic mass is 9.81. The standard InChI is InChI=1S/C14H19NO2S/c16-14(8-11-4-6-15-7-5-11)9-12-2-1-3-13(10-14)18(12)17/h4-7,12-13,16H,1-3,8-10H2. The molecule has 98 valence electrons. The molecule has 0 aliphatic carbocycles. The minimum atomic E-state index is -0.713. The zero-order valence-corrected chi connectivity index (χ0v) is 11.2. The summed E-state index contributed by atoms with van der Waals surface area (Å²) in [4.78, 5) is 4.00. The Morgan fingerprint density at radius 3 is 2.50 bits per heavy atom. The molecule has 0 aromatic carbocycles. The maximum absolute atomic E-state index is 12.1. The summed E-state index contributed by atoms with van der Waals surface area (Å²) in [5.74, 6) is 0. The molecule has 0 spiro atoms. The molecule has 4 heteroatoms. The average Bonchev–Trinajstić information content (AvgIpc) is 2.33. The van der Waals surface area contributed by atoms with E-state index in [1.807, 2.05) is 12.1 Å². The van der Waals surface area contributed by atoms with Gasteiger partial charge in [-0.3, -0.25) is 9.19 Å². The van der Waals surface area contributed by atoms with Crippen LogP contribution in [0.1, 0.15) is 37.7 Å². The predicted octanol–water partition coefficient (Wildman–Crippen LogP) is 1.82. The molecular formula is C14H19NO2S. The highest BCUT2D eigenvalue weighted by molar-refractivity contribution is 7.86. The fourth-order valence-corrected chi connectivity index (χ4v) is 5.69. The molecule has 1 aromatic heterocycles. The van der Waals surface area contributed by atoms with Crippen molar-refractivity contribution in [2.45, 2.75) is 54.6 Å². The van der Waals surface area contributed by atoms with Crippen molar-refractivity contribution in [2.24, 2.45) is 0 Å². The van der Waals surface area contributed by atoms with Crippen molar-refractivity contribution in [3.05, 3.63) is 30.1 Å². The van der Waals surface area contributed by atoms with E-state index in [1.54, 1.807) is 12.4 Å². The SMILES string of the molecule is O=S1C2CCCC1CC(O)(Cc1ccncc1)C2. The molecule has 0 radical (unpaired) electrons. The van der Waals surface area contributed by atoms with Crippen LogP contribution in [0.5, 0.6) is 0 Å². The zero-order valence-electron chi connectivity index (χ0n) is 10.4. The summed E-state index contributed by atoms with van der Waals surface area (Å²) in [6.45, 7) is 0. The van der Waals surface area contributed by atoms with Gasteiger partial charge in [0.25, 0.3) is 0 Å². The smallest absolute Gasteiger partial charge is 0.0710 e. The molecule has 2 bridgehead atoms. The number of pyridine rings is 1. The van der Waals surface area contributed by atoms with Gasteiger partial charge in [-0.1, -0.05) is 6.42 Å². The van der Waals surface area contributed by atoms with Crippen LogP contribution < -0.4 is 0 Å². The van der Waals surface area contributed by atoms with E-state index in [0.717, 1.165) is 18.4 Å². The van der Waals surface area contributed by atoms with Gasteiger partial charge in [-0.25, -0.2) is 0 Å². The highest BCUT2D eigenvalue weighted by Gasteiger charge is 2.45. The van der Waals surface area contributed by atoms with Gasteiger partial charge in [-0.05, 0) is 43.4 Å². The van der Waals surface area contributed by atoms with Crippen LogP contribution in [0.25, 0.3) is 0 Å². The van der Waals surface area contributed by atoms with Crippen LogP contribution in [0, 0.1) is 0 Å². The first-order chi connectivity index (χ1) is 8.66. The lowest BCUT2D eigenvalue weighted by Crippen LogP contribution is -2.50. The molecular weight excluding hydrogens is 246 g/mol. The first-order valence-corrected chi connectivity index (χ1v) is 7.95. The summed E-state index contributed by atoms with van der Waals surface area (Å²) >= 11 is 0. The molecule has 2 fully saturated rings. The van der Waals surface area contributed by atoms with Crippen LogP contribution in [0.4, 0.5) is 0 Å². The fraction of sp³-hybridized carbons (Fsp3) is 0.643. The Morgan fingerprint density at radius 1 is 1.28 bits per heavy atom. The van der Waals surface area contributed by atoms with Gasteiger partial charge in [-0.2, -0.15) is 0 Å². The number of hydrogen-bond donors (Lipinski definition) is 1. The number of hydrogen-bond acceptors (Lipinski definition) is 3. The van der Waals surface area contributed by atoms with Crippen molar-refractivity contribution in [2.75, 3.05) is 0 Å². The summed E-state index contributed by atoms with van der Waals surface area (Å²) in [7, 11) is -0.713. The second-order valence-corrected chi connectivity index (χ2v) is 7.66. The summed E-state index contributed by atoms with van der Waals surface area (Å²) in [5, 5.41) is 11.2. The lowest BCUT2D eigenvalue weighted by Gasteiger charge is -2.43. The van der Waals surface area contributed by atoms with Crippen molar-refractivity contribution in [1.82, 2.24) is 4.98 Å². The average molecular weight is 265 g/mol. The molecule has 0 amide bonds. The third-order valence-electron chi connectivity index (χ3n) is 4.21. The van der Waals surface area contributed by atoms with E-state index >= 15 is 0 Å². The van der Waals surface area contributed by atoms with Crippen LogP contribution in [0.2, 0.25) is 0 Å². The summed E-state index contributed by atoms with van der Waals surface area (Å²) in [6, 6.07) is 3.92. The van der Waals surface area contributed by atoms with Gasteiger partial charge in [-0.15, -0.1) is 0 Å². The highest BCUT2D eigenvalue weighted by Crippen LogP contribution is 2.40. The largest absolute Gasteiger partial charge is 0.389 e. The summed E-state index contributed by atoms with van der Waals surface area (Å²) in [5.41, 5.74) is 0.462. The molecule has 3 nitrogen and oxygen atoms in total. The molecule has 2 aliphatic heterocycles. The minimum absolute atomic E-state index is 0.212. The highest BCUT2D eigenvalue weighted by atomic mass is 32.2. The van der Waals surface area contributed by atoms with Crippen LogP contribution in [0.3, 0.4) is 0 Å². The van der Waals surface area contributed by atoms with E-state index in [9.17, 15) is 9.32 Å². The van der Waals surface area contributed by atoms with Crippen LogP contribution in [0.15, 0.2) is 24.5 Å². The van der Waals surface area contributed by atoms with Crippen molar-refractivity contribution in [1.29, 1.82) is 0 Å². The number of nitrogens with zero attached hydrogens (tertiary/aromatic N) is 1. The Bertz CT molecular complexity index is 432. The number of rotatable bonds is 2. The first kappa shape index (κ1) is 12.3. The molecule has 2 aliphatic rings. The second-order valence-electron chi connectivity index (χ2n) is 5.67. The summed E-state index contributed by atoms with van der Waals surface area (Å²) in [6.07, 6.45) is 8.79. The molecule has 3 heterocycles. The van der Waals surface area contributed by atoms with Gasteiger partial charge >= 0.3 is 0 Å². The van der Waals surface area contributed by atoms with Crippen LogP contribution in [-0.4, -0.2) is 30.4 Å². The first-order valence-electron chi connectivity index (χ1n) is 6.67. The molecule has 2 saturated heterocycles. The van der Waals surface area contributed by atoms with E-state index < -0.39 is 16.4 Å². The molecule has 2 unspecified atom stereocenters. The topological polar surface area (TPSA) is 50.2 Å². The fourth-order valence-electron chi connectivity index (χ4n) is 3.40. The van der Waals surface area contributed by atoms with Gasteiger partial charge < -0.3 is 5.11 Å². The van der Waals surface area contributed by atoms with Crippen LogP contribution in [-0.2, 0) is 17.2 Å². The van der Waals surface area contributed by atoms with E-state index in [4.69, 9.17) is 0 Å². The van der Waals surface area contributed by atoms with Gasteiger partial charge in [0, 0.05) is 40.1 Å². The Hall–Kier alpha value is -0.740. The Morgan fingerprint density at radius 2 is 1.89 bits per heavy atom. The van der Waals surface area contributed by atoms with Crippen molar-refractivity contribution >= 4 is 10.8 Å². The van der Waals surface area contributed by atoms with E-state index in [1.165, 1.54) is 6.42 Å². The van der Waals surface area contributed by atoms with E-state index in [0.29, 0.717) is 19.3 Å². The lowest BCUT2D eigenvalue weighted by molar-refractivity contribution is 0.0114. The Balaban J connectivity index is 1.77. The van der Waals surface area contributed by atoms with Crippen molar-refractivity contribution in [3.63, 3.8) is 0 Å². The van der Waals surface area contributed by atoms with Crippen molar-refractivity contribution in [3.8, 4) is 0 Å². The molecule has 1 N–H and O–H groups in total. The zero-order chi connectivity index (χ0) is 12.6. The molecule has 3 rings (SSSR count). The number of aliphatic hydroxyl groups is 1. The molecule has 1 aromatic rings. The van der Waals surface area contributed by atoms with E-state index in [2.05, 4.69) is 4.98 Å². The monoisotopic (exact) mass is 265 g/mol. The molecule has 0 saturated carbocycles. The normalized spacial score (nSPS) is 39.5. The van der Waals surface area contributed by atoms with Gasteiger partial charge in [0.15, 0.2) is 0 Å². The van der Waals surface area contributed by atoms with E-state index in [-0.39, 0.29) is 10.5 Å². The third-order valence-corrected chi connectivity index (χ3v) is 6.33. The maximum atomic E-state index is 12.1. The van der Waals surface area contributed by atoms with Crippen molar-refractivity contribution < 1.29 is 9.32 Å².